The topological polar surface area (TPSA) is 24.4 Å². The van der Waals surface area contributed by atoms with Crippen LogP contribution in [0.25, 0.3) is 6.08 Å². The van der Waals surface area contributed by atoms with Gasteiger partial charge in [-0.25, -0.2) is 0 Å². The molecule has 2 nitrogen and oxygen atoms in total. The molecule has 2 aromatic carbocycles. The van der Waals surface area contributed by atoms with Crippen LogP contribution in [0.2, 0.25) is 5.02 Å². The molecule has 0 saturated carbocycles. The minimum Gasteiger partial charge on any atom is -0.279 e. The third-order valence-electron chi connectivity index (χ3n) is 2.50. The van der Waals surface area contributed by atoms with Crippen molar-refractivity contribution in [3.8, 4) is 0 Å². The summed E-state index contributed by atoms with van der Waals surface area (Å²) in [6, 6.07) is 17.6. The number of anilines is 1. The van der Waals surface area contributed by atoms with Gasteiger partial charge in [0.1, 0.15) is 0 Å². The molecule has 0 aliphatic rings. The summed E-state index contributed by atoms with van der Waals surface area (Å²) in [4.78, 5) is 0. The molecule has 3 heteroatoms. The van der Waals surface area contributed by atoms with E-state index in [-0.39, 0.29) is 0 Å². The molecule has 1 N–H and O–H groups in total. The van der Waals surface area contributed by atoms with Gasteiger partial charge in [0, 0.05) is 5.02 Å². The van der Waals surface area contributed by atoms with Crippen LogP contribution in [-0.2, 0) is 0 Å². The second kappa shape index (κ2) is 6.76. The maximum atomic E-state index is 5.81. The molecule has 0 aliphatic heterocycles. The molecule has 0 saturated heterocycles. The van der Waals surface area contributed by atoms with Gasteiger partial charge in [0.25, 0.3) is 0 Å². The zero-order chi connectivity index (χ0) is 13.5. The normalized spacial score (nSPS) is 11.8. The Morgan fingerprint density at radius 3 is 2.42 bits per heavy atom. The fraction of sp³-hybridized carbons (Fsp3) is 0.0625. The molecule has 96 valence electrons. The van der Waals surface area contributed by atoms with Gasteiger partial charge in [0.2, 0.25) is 0 Å². The number of halogens is 1. The molecule has 0 atom stereocenters. The standard InChI is InChI=1S/C16H15ClN2/c1-13(11-14-5-3-2-4-6-14)12-18-19-16-9-7-15(17)8-10-16/h2-12,19H,1H3. The zero-order valence-electron chi connectivity index (χ0n) is 10.7. The molecule has 0 aliphatic carbocycles. The summed E-state index contributed by atoms with van der Waals surface area (Å²) in [6.07, 6.45) is 3.87. The highest BCUT2D eigenvalue weighted by Crippen LogP contribution is 2.13. The summed E-state index contributed by atoms with van der Waals surface area (Å²) < 4.78 is 0. The molecular weight excluding hydrogens is 256 g/mol. The van der Waals surface area contributed by atoms with Crippen LogP contribution in [0.1, 0.15) is 12.5 Å². The van der Waals surface area contributed by atoms with Crippen molar-refractivity contribution in [3.63, 3.8) is 0 Å². The fourth-order valence-electron chi connectivity index (χ4n) is 1.58. The molecule has 0 bridgehead atoms. The van der Waals surface area contributed by atoms with E-state index in [1.165, 1.54) is 0 Å². The number of hydrogen-bond donors (Lipinski definition) is 1. The number of rotatable bonds is 4. The third kappa shape index (κ3) is 4.60. The van der Waals surface area contributed by atoms with Crippen LogP contribution in [0, 0.1) is 0 Å². The van der Waals surface area contributed by atoms with E-state index < -0.39 is 0 Å². The van der Waals surface area contributed by atoms with Crippen LogP contribution in [0.5, 0.6) is 0 Å². The average molecular weight is 271 g/mol. The van der Waals surface area contributed by atoms with Gasteiger partial charge >= 0.3 is 0 Å². The monoisotopic (exact) mass is 270 g/mol. The molecule has 0 aromatic heterocycles. The second-order valence-electron chi connectivity index (χ2n) is 4.18. The van der Waals surface area contributed by atoms with Crippen molar-refractivity contribution in [1.82, 2.24) is 0 Å². The smallest absolute Gasteiger partial charge is 0.0562 e. The van der Waals surface area contributed by atoms with Crippen LogP contribution in [0.15, 0.2) is 65.3 Å². The van der Waals surface area contributed by atoms with E-state index in [1.54, 1.807) is 6.21 Å². The van der Waals surface area contributed by atoms with Crippen LogP contribution >= 0.6 is 11.6 Å². The Balaban J connectivity index is 1.95. The van der Waals surface area contributed by atoms with E-state index in [1.807, 2.05) is 49.4 Å². The minimum atomic E-state index is 0.717. The van der Waals surface area contributed by atoms with Gasteiger partial charge in [-0.05, 0) is 42.3 Å². The van der Waals surface area contributed by atoms with Crippen molar-refractivity contribution in [2.24, 2.45) is 5.10 Å². The maximum Gasteiger partial charge on any atom is 0.0562 e. The lowest BCUT2D eigenvalue weighted by Gasteiger charge is -1.99. The predicted molar refractivity (Wildman–Crippen MR) is 83.7 cm³/mol. The number of hydrazone groups is 1. The van der Waals surface area contributed by atoms with Gasteiger partial charge in [-0.2, -0.15) is 5.10 Å². The van der Waals surface area contributed by atoms with Crippen LogP contribution in [0.3, 0.4) is 0 Å². The quantitative estimate of drug-likeness (QED) is 0.624. The molecule has 0 fully saturated rings. The summed E-state index contributed by atoms with van der Waals surface area (Å²) in [6.45, 7) is 2.01. The van der Waals surface area contributed by atoms with Crippen molar-refractivity contribution >= 4 is 29.6 Å². The molecule has 0 unspecified atom stereocenters. The Kier molecular flexibility index (Phi) is 4.76. The fourth-order valence-corrected chi connectivity index (χ4v) is 1.71. The molecule has 19 heavy (non-hydrogen) atoms. The van der Waals surface area contributed by atoms with E-state index in [0.717, 1.165) is 21.8 Å². The van der Waals surface area contributed by atoms with E-state index in [2.05, 4.69) is 28.7 Å². The first-order valence-electron chi connectivity index (χ1n) is 6.02. The Morgan fingerprint density at radius 2 is 1.74 bits per heavy atom. The molecule has 0 amide bonds. The van der Waals surface area contributed by atoms with Crippen molar-refractivity contribution < 1.29 is 0 Å². The van der Waals surface area contributed by atoms with Crippen LogP contribution < -0.4 is 5.43 Å². The maximum absolute atomic E-state index is 5.81. The van der Waals surface area contributed by atoms with Gasteiger partial charge in [0.05, 0.1) is 11.9 Å². The number of allylic oxidation sites excluding steroid dienone is 1. The van der Waals surface area contributed by atoms with Crippen LogP contribution in [-0.4, -0.2) is 6.21 Å². The second-order valence-corrected chi connectivity index (χ2v) is 4.61. The van der Waals surface area contributed by atoms with Crippen molar-refractivity contribution in [2.75, 3.05) is 5.43 Å². The van der Waals surface area contributed by atoms with Crippen molar-refractivity contribution in [2.45, 2.75) is 6.92 Å². The first-order chi connectivity index (χ1) is 9.24. The summed E-state index contributed by atoms with van der Waals surface area (Å²) in [7, 11) is 0. The van der Waals surface area contributed by atoms with E-state index >= 15 is 0 Å². The summed E-state index contributed by atoms with van der Waals surface area (Å²) in [5, 5.41) is 4.90. The predicted octanol–water partition coefficient (Wildman–Crippen LogP) is 4.84. The Bertz CT molecular complexity index is 571. The minimum absolute atomic E-state index is 0.717. The number of nitrogens with one attached hydrogen (secondary N) is 1. The highest BCUT2D eigenvalue weighted by Gasteiger charge is 1.90. The largest absolute Gasteiger partial charge is 0.279 e. The highest BCUT2D eigenvalue weighted by atomic mass is 35.5. The van der Waals surface area contributed by atoms with Gasteiger partial charge in [-0.15, -0.1) is 0 Å². The third-order valence-corrected chi connectivity index (χ3v) is 2.75. The van der Waals surface area contributed by atoms with Gasteiger partial charge < -0.3 is 0 Å². The molecule has 0 spiro atoms. The lowest BCUT2D eigenvalue weighted by atomic mass is 10.1. The Morgan fingerprint density at radius 1 is 1.05 bits per heavy atom. The lowest BCUT2D eigenvalue weighted by molar-refractivity contribution is 1.35. The van der Waals surface area contributed by atoms with Gasteiger partial charge in [-0.3, -0.25) is 5.43 Å². The van der Waals surface area contributed by atoms with E-state index in [0.29, 0.717) is 0 Å². The van der Waals surface area contributed by atoms with Gasteiger partial charge in [-0.1, -0.05) is 48.0 Å². The Labute approximate surface area is 118 Å². The lowest BCUT2D eigenvalue weighted by Crippen LogP contribution is -1.89. The van der Waals surface area contributed by atoms with E-state index in [4.69, 9.17) is 11.6 Å². The van der Waals surface area contributed by atoms with Crippen molar-refractivity contribution in [1.29, 1.82) is 0 Å². The van der Waals surface area contributed by atoms with Crippen molar-refractivity contribution in [3.05, 3.63) is 70.8 Å². The first-order valence-corrected chi connectivity index (χ1v) is 6.40. The Hall–Kier alpha value is -2.06. The SMILES string of the molecule is CC(C=NNc1ccc(Cl)cc1)=Cc1ccccc1. The molecule has 2 rings (SSSR count). The molecule has 0 radical (unpaired) electrons. The number of hydrogen-bond acceptors (Lipinski definition) is 2. The summed E-state index contributed by atoms with van der Waals surface area (Å²) in [5.74, 6) is 0. The number of benzene rings is 2. The van der Waals surface area contributed by atoms with Gasteiger partial charge in [0.15, 0.2) is 0 Å². The number of nitrogens with zero attached hydrogens (tertiary/aromatic N) is 1. The average Bonchev–Trinajstić information content (AvgIpc) is 2.42. The molecular formula is C16H15ClN2. The highest BCUT2D eigenvalue weighted by molar-refractivity contribution is 6.30. The summed E-state index contributed by atoms with van der Waals surface area (Å²) in [5.41, 5.74) is 6.11. The molecule has 2 aromatic rings. The zero-order valence-corrected chi connectivity index (χ0v) is 11.4. The summed E-state index contributed by atoms with van der Waals surface area (Å²) >= 11 is 5.81. The molecule has 0 heterocycles. The van der Waals surface area contributed by atoms with E-state index in [9.17, 15) is 0 Å². The first kappa shape index (κ1) is 13.4. The van der Waals surface area contributed by atoms with Crippen LogP contribution in [0.4, 0.5) is 5.69 Å².